The van der Waals surface area contributed by atoms with E-state index in [2.05, 4.69) is 15.5 Å². The van der Waals surface area contributed by atoms with Gasteiger partial charge in [-0.05, 0) is 86.2 Å². The molecule has 1 aliphatic rings. The number of nitrogens with one attached hydrogen (secondary N) is 2. The first kappa shape index (κ1) is 25.4. The molecule has 0 bridgehead atoms. The predicted octanol–water partition coefficient (Wildman–Crippen LogP) is 5.13. The van der Waals surface area contributed by atoms with Crippen molar-refractivity contribution < 1.29 is 18.7 Å². The Morgan fingerprint density at radius 3 is 2.72 bits per heavy atom. The van der Waals surface area contributed by atoms with Gasteiger partial charge in [-0.25, -0.2) is 4.39 Å². The molecular formula is C28H33FN4O3. The van der Waals surface area contributed by atoms with Crippen molar-refractivity contribution in [3.63, 3.8) is 0 Å². The SMILES string of the molecule is CN(CCCCCc1cc(-c2ccc(F)cc2)n[nH]1)C(=O)CCCOc1ccc2c(c1)CCC(=O)N2. The third kappa shape index (κ3) is 7.16. The van der Waals surface area contributed by atoms with Crippen LogP contribution in [-0.2, 0) is 22.4 Å². The first-order chi connectivity index (χ1) is 17.5. The summed E-state index contributed by atoms with van der Waals surface area (Å²) in [5.41, 5.74) is 4.71. The molecule has 2 aromatic carbocycles. The van der Waals surface area contributed by atoms with Gasteiger partial charge in [0.05, 0.1) is 12.3 Å². The molecule has 2 N–H and O–H groups in total. The minimum atomic E-state index is -0.255. The van der Waals surface area contributed by atoms with Crippen LogP contribution in [0.2, 0.25) is 0 Å². The van der Waals surface area contributed by atoms with Crippen LogP contribution in [0.1, 0.15) is 49.8 Å². The van der Waals surface area contributed by atoms with Gasteiger partial charge in [-0.15, -0.1) is 0 Å². The highest BCUT2D eigenvalue weighted by Gasteiger charge is 2.15. The summed E-state index contributed by atoms with van der Waals surface area (Å²) in [5.74, 6) is 0.695. The number of ether oxygens (including phenoxy) is 1. The van der Waals surface area contributed by atoms with Crippen LogP contribution in [0.3, 0.4) is 0 Å². The van der Waals surface area contributed by atoms with Gasteiger partial charge in [0.2, 0.25) is 11.8 Å². The minimum Gasteiger partial charge on any atom is -0.494 e. The Morgan fingerprint density at radius 2 is 1.89 bits per heavy atom. The van der Waals surface area contributed by atoms with Crippen LogP contribution in [-0.4, -0.2) is 47.1 Å². The van der Waals surface area contributed by atoms with Crippen molar-refractivity contribution in [2.75, 3.05) is 25.5 Å². The maximum atomic E-state index is 13.1. The second-order valence-electron chi connectivity index (χ2n) is 9.23. The van der Waals surface area contributed by atoms with Gasteiger partial charge in [0, 0.05) is 43.4 Å². The zero-order chi connectivity index (χ0) is 25.3. The van der Waals surface area contributed by atoms with Crippen LogP contribution in [0.5, 0.6) is 5.75 Å². The molecule has 1 aliphatic heterocycles. The number of benzene rings is 2. The van der Waals surface area contributed by atoms with E-state index in [0.717, 1.165) is 72.6 Å². The van der Waals surface area contributed by atoms with Crippen LogP contribution in [0.4, 0.5) is 10.1 Å². The largest absolute Gasteiger partial charge is 0.494 e. The Morgan fingerprint density at radius 1 is 1.06 bits per heavy atom. The predicted molar refractivity (Wildman–Crippen MR) is 137 cm³/mol. The first-order valence-electron chi connectivity index (χ1n) is 12.6. The molecule has 8 heteroatoms. The smallest absolute Gasteiger partial charge is 0.224 e. The lowest BCUT2D eigenvalue weighted by atomic mass is 10.0. The van der Waals surface area contributed by atoms with E-state index in [4.69, 9.17) is 4.74 Å². The third-order valence-corrected chi connectivity index (χ3v) is 6.41. The molecule has 1 aromatic heterocycles. The number of carbonyl (C=O) groups is 2. The van der Waals surface area contributed by atoms with Crippen molar-refractivity contribution in [3.8, 4) is 17.0 Å². The normalized spacial score (nSPS) is 12.7. The summed E-state index contributed by atoms with van der Waals surface area (Å²) in [6.45, 7) is 1.22. The average molecular weight is 493 g/mol. The number of unbranched alkanes of at least 4 members (excludes halogenated alkanes) is 2. The average Bonchev–Trinajstić information content (AvgIpc) is 3.35. The highest BCUT2D eigenvalue weighted by molar-refractivity contribution is 5.94. The number of anilines is 1. The monoisotopic (exact) mass is 492 g/mol. The van der Waals surface area contributed by atoms with Crippen LogP contribution in [0, 0.1) is 5.82 Å². The van der Waals surface area contributed by atoms with Crippen molar-refractivity contribution >= 4 is 17.5 Å². The molecule has 0 radical (unpaired) electrons. The number of nitrogens with zero attached hydrogens (tertiary/aromatic N) is 2. The number of amides is 2. The van der Waals surface area contributed by atoms with E-state index in [1.54, 1.807) is 17.0 Å². The number of hydrogen-bond acceptors (Lipinski definition) is 4. The second-order valence-corrected chi connectivity index (χ2v) is 9.23. The van der Waals surface area contributed by atoms with Gasteiger partial charge in [0.25, 0.3) is 0 Å². The van der Waals surface area contributed by atoms with Gasteiger partial charge < -0.3 is 15.0 Å². The molecule has 0 spiro atoms. The number of fused-ring (bicyclic) bond motifs is 1. The van der Waals surface area contributed by atoms with Crippen LogP contribution >= 0.6 is 0 Å². The molecule has 3 aromatic rings. The Balaban J connectivity index is 1.07. The summed E-state index contributed by atoms with van der Waals surface area (Å²) in [5, 5.41) is 10.2. The molecule has 2 heterocycles. The molecule has 36 heavy (non-hydrogen) atoms. The maximum absolute atomic E-state index is 13.1. The van der Waals surface area contributed by atoms with Crippen molar-refractivity contribution in [2.45, 2.75) is 51.4 Å². The number of hydrogen-bond donors (Lipinski definition) is 2. The third-order valence-electron chi connectivity index (χ3n) is 6.41. The van der Waals surface area contributed by atoms with Crippen molar-refractivity contribution in [1.29, 1.82) is 0 Å². The summed E-state index contributed by atoms with van der Waals surface area (Å²) in [6.07, 6.45) is 6.20. The topological polar surface area (TPSA) is 87.3 Å². The van der Waals surface area contributed by atoms with Gasteiger partial charge in [0.1, 0.15) is 11.6 Å². The Kier molecular flexibility index (Phi) is 8.71. The van der Waals surface area contributed by atoms with E-state index in [1.165, 1.54) is 12.1 Å². The Labute approximate surface area is 211 Å². The van der Waals surface area contributed by atoms with E-state index in [1.807, 2.05) is 31.3 Å². The fourth-order valence-corrected chi connectivity index (χ4v) is 4.28. The van der Waals surface area contributed by atoms with Crippen LogP contribution < -0.4 is 10.1 Å². The molecule has 2 amide bonds. The number of halogens is 1. The van der Waals surface area contributed by atoms with E-state index in [-0.39, 0.29) is 17.6 Å². The minimum absolute atomic E-state index is 0.0497. The molecule has 0 unspecified atom stereocenters. The summed E-state index contributed by atoms with van der Waals surface area (Å²) in [4.78, 5) is 25.7. The molecule has 0 atom stereocenters. The molecule has 0 fully saturated rings. The van der Waals surface area contributed by atoms with Crippen molar-refractivity contribution in [3.05, 3.63) is 65.6 Å². The van der Waals surface area contributed by atoms with Crippen molar-refractivity contribution in [1.82, 2.24) is 15.1 Å². The van der Waals surface area contributed by atoms with E-state index >= 15 is 0 Å². The highest BCUT2D eigenvalue weighted by atomic mass is 19.1. The lowest BCUT2D eigenvalue weighted by Gasteiger charge is -2.18. The van der Waals surface area contributed by atoms with E-state index in [0.29, 0.717) is 25.9 Å². The van der Waals surface area contributed by atoms with E-state index in [9.17, 15) is 14.0 Å². The number of rotatable bonds is 12. The van der Waals surface area contributed by atoms with Gasteiger partial charge >= 0.3 is 0 Å². The number of aromatic amines is 1. The number of carbonyl (C=O) groups excluding carboxylic acids is 2. The fraction of sp³-hybridized carbons (Fsp3) is 0.393. The Hall–Kier alpha value is -3.68. The Bertz CT molecular complexity index is 1180. The summed E-state index contributed by atoms with van der Waals surface area (Å²) in [6, 6.07) is 14.0. The summed E-state index contributed by atoms with van der Waals surface area (Å²) < 4.78 is 18.9. The number of aryl methyl sites for hydroxylation is 2. The zero-order valence-electron chi connectivity index (χ0n) is 20.7. The van der Waals surface area contributed by atoms with Gasteiger partial charge in [-0.2, -0.15) is 5.10 Å². The van der Waals surface area contributed by atoms with Crippen molar-refractivity contribution in [2.24, 2.45) is 0 Å². The zero-order valence-corrected chi connectivity index (χ0v) is 20.7. The molecule has 0 saturated heterocycles. The van der Waals surface area contributed by atoms with Gasteiger partial charge in [0.15, 0.2) is 0 Å². The molecule has 0 saturated carbocycles. The van der Waals surface area contributed by atoms with E-state index < -0.39 is 0 Å². The summed E-state index contributed by atoms with van der Waals surface area (Å²) in [7, 11) is 1.85. The number of aromatic nitrogens is 2. The first-order valence-corrected chi connectivity index (χ1v) is 12.6. The second kappa shape index (κ2) is 12.3. The molecule has 4 rings (SSSR count). The van der Waals surface area contributed by atoms with Gasteiger partial charge in [-0.3, -0.25) is 14.7 Å². The molecular weight excluding hydrogens is 459 g/mol. The lowest BCUT2D eigenvalue weighted by molar-refractivity contribution is -0.130. The van der Waals surface area contributed by atoms with Crippen LogP contribution in [0.15, 0.2) is 48.5 Å². The quantitative estimate of drug-likeness (QED) is 0.343. The summed E-state index contributed by atoms with van der Waals surface area (Å²) >= 11 is 0. The fourth-order valence-electron chi connectivity index (χ4n) is 4.28. The number of H-pyrrole nitrogens is 1. The molecule has 7 nitrogen and oxygen atoms in total. The van der Waals surface area contributed by atoms with Gasteiger partial charge in [-0.1, -0.05) is 6.42 Å². The van der Waals surface area contributed by atoms with Crippen LogP contribution in [0.25, 0.3) is 11.3 Å². The lowest BCUT2D eigenvalue weighted by Crippen LogP contribution is -2.27. The molecule has 190 valence electrons. The maximum Gasteiger partial charge on any atom is 0.224 e. The standard InChI is InChI=1S/C28H33FN4O3/c1-33(16-4-2-3-6-23-19-26(32-31-23)20-8-11-22(29)12-9-20)28(35)7-5-17-36-24-13-14-25-21(18-24)10-15-27(34)30-25/h8-9,11-14,18-19H,2-7,10,15-17H2,1H3,(H,30,34)(H,31,32). The highest BCUT2D eigenvalue weighted by Crippen LogP contribution is 2.27. The molecule has 0 aliphatic carbocycles.